The van der Waals surface area contributed by atoms with Crippen LogP contribution >= 0.6 is 24.8 Å². The van der Waals surface area contributed by atoms with Crippen molar-refractivity contribution in [1.29, 1.82) is 0 Å². The second-order valence-electron chi connectivity index (χ2n) is 2.96. The van der Waals surface area contributed by atoms with E-state index in [1.165, 1.54) is 0 Å². The third kappa shape index (κ3) is 3.90. The Morgan fingerprint density at radius 3 is 1.83 bits per heavy atom. The van der Waals surface area contributed by atoms with Gasteiger partial charge in [-0.3, -0.25) is 4.98 Å². The van der Waals surface area contributed by atoms with Crippen LogP contribution in [-0.4, -0.2) is 4.98 Å². The zero-order valence-corrected chi connectivity index (χ0v) is 8.78. The minimum atomic E-state index is -0.247. The van der Waals surface area contributed by atoms with Crippen molar-refractivity contribution in [3.63, 3.8) is 0 Å². The number of hydrogen-bond donors (Lipinski definition) is 1. The lowest BCUT2D eigenvalue weighted by Gasteiger charge is -2.17. The number of nitrogens with zero attached hydrogens (tertiary/aromatic N) is 1. The van der Waals surface area contributed by atoms with Gasteiger partial charge in [-0.15, -0.1) is 24.8 Å². The van der Waals surface area contributed by atoms with E-state index in [9.17, 15) is 0 Å². The van der Waals surface area contributed by atoms with E-state index >= 15 is 0 Å². The highest BCUT2D eigenvalue weighted by molar-refractivity contribution is 5.85. The van der Waals surface area contributed by atoms with E-state index < -0.39 is 0 Å². The zero-order chi connectivity index (χ0) is 7.61. The van der Waals surface area contributed by atoms with Crippen LogP contribution in [0.5, 0.6) is 0 Å². The molecule has 2 nitrogen and oxygen atoms in total. The van der Waals surface area contributed by atoms with Gasteiger partial charge in [0.1, 0.15) is 0 Å². The highest BCUT2D eigenvalue weighted by atomic mass is 35.5. The number of rotatable bonds is 1. The van der Waals surface area contributed by atoms with Crippen molar-refractivity contribution in [3.05, 3.63) is 30.1 Å². The Bertz CT molecular complexity index is 206. The summed E-state index contributed by atoms with van der Waals surface area (Å²) in [7, 11) is 0. The molecule has 0 aliphatic carbocycles. The fourth-order valence-electron chi connectivity index (χ4n) is 0.781. The molecule has 0 amide bonds. The van der Waals surface area contributed by atoms with Gasteiger partial charge in [-0.2, -0.15) is 0 Å². The van der Waals surface area contributed by atoms with Gasteiger partial charge in [0.15, 0.2) is 0 Å². The SMILES string of the molecule is CC(C)(N)c1ccncc1.Cl.Cl. The van der Waals surface area contributed by atoms with Crippen LogP contribution in [0.1, 0.15) is 19.4 Å². The molecule has 0 aromatic carbocycles. The van der Waals surface area contributed by atoms with Crippen molar-refractivity contribution in [2.75, 3.05) is 0 Å². The summed E-state index contributed by atoms with van der Waals surface area (Å²) >= 11 is 0. The summed E-state index contributed by atoms with van der Waals surface area (Å²) in [5.41, 5.74) is 6.70. The van der Waals surface area contributed by atoms with Crippen LogP contribution in [0.3, 0.4) is 0 Å². The van der Waals surface area contributed by atoms with E-state index in [4.69, 9.17) is 5.73 Å². The van der Waals surface area contributed by atoms with Crippen molar-refractivity contribution in [3.8, 4) is 0 Å². The van der Waals surface area contributed by atoms with E-state index in [-0.39, 0.29) is 30.4 Å². The summed E-state index contributed by atoms with van der Waals surface area (Å²) in [6.07, 6.45) is 3.51. The van der Waals surface area contributed by atoms with Crippen LogP contribution in [-0.2, 0) is 5.54 Å². The van der Waals surface area contributed by atoms with Crippen LogP contribution in [0.25, 0.3) is 0 Å². The van der Waals surface area contributed by atoms with E-state index in [0.29, 0.717) is 0 Å². The van der Waals surface area contributed by atoms with Gasteiger partial charge in [0.05, 0.1) is 0 Å². The Morgan fingerprint density at radius 2 is 1.58 bits per heavy atom. The third-order valence-electron chi connectivity index (χ3n) is 1.42. The van der Waals surface area contributed by atoms with Crippen molar-refractivity contribution < 1.29 is 0 Å². The Kier molecular flexibility index (Phi) is 6.35. The Labute approximate surface area is 85.4 Å². The standard InChI is InChI=1S/C8H12N2.2ClH/c1-8(2,9)7-3-5-10-6-4-7;;/h3-6H,9H2,1-2H3;2*1H. The molecule has 0 unspecified atom stereocenters. The molecule has 0 radical (unpaired) electrons. The highest BCUT2D eigenvalue weighted by Crippen LogP contribution is 2.13. The van der Waals surface area contributed by atoms with Gasteiger partial charge in [-0.05, 0) is 31.5 Å². The number of aromatic nitrogens is 1. The second kappa shape index (κ2) is 5.36. The zero-order valence-electron chi connectivity index (χ0n) is 7.15. The smallest absolute Gasteiger partial charge is 0.0353 e. The van der Waals surface area contributed by atoms with Crippen LogP contribution in [0, 0.1) is 0 Å². The number of nitrogens with two attached hydrogens (primary N) is 1. The van der Waals surface area contributed by atoms with E-state index in [0.717, 1.165) is 5.56 Å². The quantitative estimate of drug-likeness (QED) is 0.769. The lowest BCUT2D eigenvalue weighted by Crippen LogP contribution is -2.28. The summed E-state index contributed by atoms with van der Waals surface area (Å²) in [5, 5.41) is 0. The summed E-state index contributed by atoms with van der Waals surface area (Å²) in [6, 6.07) is 3.86. The van der Waals surface area contributed by atoms with Crippen molar-refractivity contribution in [2.45, 2.75) is 19.4 Å². The monoisotopic (exact) mass is 208 g/mol. The molecule has 0 saturated heterocycles. The normalized spacial score (nSPS) is 9.58. The maximum atomic E-state index is 5.83. The van der Waals surface area contributed by atoms with Gasteiger partial charge in [-0.1, -0.05) is 0 Å². The van der Waals surface area contributed by atoms with E-state index in [1.807, 2.05) is 26.0 Å². The first-order valence-electron chi connectivity index (χ1n) is 3.30. The molecule has 12 heavy (non-hydrogen) atoms. The van der Waals surface area contributed by atoms with Gasteiger partial charge in [0.25, 0.3) is 0 Å². The maximum Gasteiger partial charge on any atom is 0.0353 e. The Hall–Kier alpha value is -0.310. The first kappa shape index (κ1) is 14.2. The van der Waals surface area contributed by atoms with Gasteiger partial charge in [-0.25, -0.2) is 0 Å². The first-order valence-corrected chi connectivity index (χ1v) is 3.30. The average molecular weight is 209 g/mol. The van der Waals surface area contributed by atoms with Gasteiger partial charge >= 0.3 is 0 Å². The van der Waals surface area contributed by atoms with Gasteiger partial charge in [0.2, 0.25) is 0 Å². The van der Waals surface area contributed by atoms with E-state index in [2.05, 4.69) is 4.98 Å². The van der Waals surface area contributed by atoms with Crippen molar-refractivity contribution in [2.24, 2.45) is 5.73 Å². The molecule has 0 fully saturated rings. The molecule has 1 heterocycles. The molecule has 0 bridgehead atoms. The molecule has 0 spiro atoms. The van der Waals surface area contributed by atoms with Gasteiger partial charge < -0.3 is 5.73 Å². The molecule has 0 atom stereocenters. The largest absolute Gasteiger partial charge is 0.322 e. The number of pyridine rings is 1. The molecule has 2 N–H and O–H groups in total. The van der Waals surface area contributed by atoms with Gasteiger partial charge in [0, 0.05) is 17.9 Å². The van der Waals surface area contributed by atoms with Crippen LogP contribution in [0.15, 0.2) is 24.5 Å². The topological polar surface area (TPSA) is 38.9 Å². The summed E-state index contributed by atoms with van der Waals surface area (Å²) in [5.74, 6) is 0. The molecule has 0 saturated carbocycles. The molecule has 0 aliphatic rings. The summed E-state index contributed by atoms with van der Waals surface area (Å²) in [6.45, 7) is 3.95. The van der Waals surface area contributed by atoms with Crippen molar-refractivity contribution >= 4 is 24.8 Å². The lowest BCUT2D eigenvalue weighted by molar-refractivity contribution is 0.553. The fourth-order valence-corrected chi connectivity index (χ4v) is 0.781. The fraction of sp³-hybridized carbons (Fsp3) is 0.375. The molecule has 0 aliphatic heterocycles. The molecule has 4 heteroatoms. The molecule has 1 rings (SSSR count). The predicted molar refractivity (Wildman–Crippen MR) is 55.9 cm³/mol. The van der Waals surface area contributed by atoms with Crippen LogP contribution in [0.2, 0.25) is 0 Å². The second-order valence-corrected chi connectivity index (χ2v) is 2.96. The average Bonchev–Trinajstić information content (AvgIpc) is 1.88. The van der Waals surface area contributed by atoms with Crippen LogP contribution < -0.4 is 5.73 Å². The highest BCUT2D eigenvalue weighted by Gasteiger charge is 2.12. The molecular weight excluding hydrogens is 195 g/mol. The Morgan fingerprint density at radius 1 is 1.17 bits per heavy atom. The van der Waals surface area contributed by atoms with Crippen molar-refractivity contribution in [1.82, 2.24) is 4.98 Å². The van der Waals surface area contributed by atoms with E-state index in [1.54, 1.807) is 12.4 Å². The molecule has 70 valence electrons. The number of hydrogen-bond acceptors (Lipinski definition) is 2. The number of halogens is 2. The third-order valence-corrected chi connectivity index (χ3v) is 1.42. The first-order chi connectivity index (χ1) is 4.61. The molecule has 1 aromatic rings. The minimum Gasteiger partial charge on any atom is -0.322 e. The maximum absolute atomic E-state index is 5.83. The minimum absolute atomic E-state index is 0. The predicted octanol–water partition coefficient (Wildman–Crippen LogP) is 2.12. The lowest BCUT2D eigenvalue weighted by atomic mass is 9.97. The summed E-state index contributed by atoms with van der Waals surface area (Å²) in [4.78, 5) is 3.90. The molecular formula is C8H14Cl2N2. The Balaban J connectivity index is 0. The molecule has 1 aromatic heterocycles. The summed E-state index contributed by atoms with van der Waals surface area (Å²) < 4.78 is 0. The van der Waals surface area contributed by atoms with Crippen LogP contribution in [0.4, 0.5) is 0 Å².